The predicted molar refractivity (Wildman–Crippen MR) is 36.2 cm³/mol. The first-order valence-corrected chi connectivity index (χ1v) is 2.77. The lowest BCUT2D eigenvalue weighted by Crippen LogP contribution is -1.84. The molecule has 1 aromatic rings. The van der Waals surface area contributed by atoms with Crippen molar-refractivity contribution < 1.29 is 0 Å². The molecule has 9 heavy (non-hydrogen) atoms. The fraction of sp³-hybridized carbons (Fsp3) is 0.167. The summed E-state index contributed by atoms with van der Waals surface area (Å²) in [5.41, 5.74) is 0.638. The fourth-order valence-corrected chi connectivity index (χ4v) is 0.781. The minimum atomic E-state index is 0.389. The quantitative estimate of drug-likeness (QED) is 0.493. The van der Waals surface area contributed by atoms with Gasteiger partial charge in [0.2, 0.25) is 0 Å². The fourth-order valence-electron chi connectivity index (χ4n) is 0.558. The molecule has 0 aliphatic rings. The van der Waals surface area contributed by atoms with Crippen molar-refractivity contribution in [1.29, 1.82) is 0 Å². The van der Waals surface area contributed by atoms with Crippen molar-refractivity contribution >= 4 is 11.6 Å². The number of hydrogen-bond donors (Lipinski definition) is 0. The van der Waals surface area contributed by atoms with Crippen molar-refractivity contribution in [2.45, 2.75) is 0 Å². The minimum Gasteiger partial charge on any atom is -0.273 e. The van der Waals surface area contributed by atoms with E-state index in [2.05, 4.69) is 11.0 Å². The monoisotopic (exact) mass is 140 g/mol. The summed E-state index contributed by atoms with van der Waals surface area (Å²) in [7, 11) is 1.77. The SMILES string of the molecule is C#Cc1cn(C)nc1Cl. The van der Waals surface area contributed by atoms with E-state index in [-0.39, 0.29) is 0 Å². The van der Waals surface area contributed by atoms with Gasteiger partial charge in [-0.1, -0.05) is 17.5 Å². The third-order valence-corrected chi connectivity index (χ3v) is 1.22. The Labute approximate surface area is 58.4 Å². The van der Waals surface area contributed by atoms with E-state index in [9.17, 15) is 0 Å². The highest BCUT2D eigenvalue weighted by molar-refractivity contribution is 6.30. The standard InChI is InChI=1S/C6H5ClN2/c1-3-5-4-9(2)8-6(5)7/h1,4H,2H3. The zero-order valence-electron chi connectivity index (χ0n) is 4.93. The maximum atomic E-state index is 5.57. The minimum absolute atomic E-state index is 0.389. The van der Waals surface area contributed by atoms with E-state index in [0.717, 1.165) is 0 Å². The molecule has 1 aromatic heterocycles. The molecule has 46 valence electrons. The third-order valence-electron chi connectivity index (χ3n) is 0.939. The smallest absolute Gasteiger partial charge is 0.166 e. The molecule has 0 fully saturated rings. The molecular weight excluding hydrogens is 136 g/mol. The van der Waals surface area contributed by atoms with Crippen LogP contribution in [-0.2, 0) is 7.05 Å². The van der Waals surface area contributed by atoms with E-state index in [1.165, 1.54) is 0 Å². The summed E-state index contributed by atoms with van der Waals surface area (Å²) in [6.45, 7) is 0. The molecule has 0 amide bonds. The van der Waals surface area contributed by atoms with Gasteiger partial charge in [-0.15, -0.1) is 6.42 Å². The van der Waals surface area contributed by atoms with E-state index < -0.39 is 0 Å². The Balaban J connectivity index is 3.20. The van der Waals surface area contributed by atoms with Crippen molar-refractivity contribution in [3.8, 4) is 12.3 Å². The topological polar surface area (TPSA) is 17.8 Å². The van der Waals surface area contributed by atoms with Crippen LogP contribution in [0.5, 0.6) is 0 Å². The van der Waals surface area contributed by atoms with Crippen LogP contribution in [0, 0.1) is 12.3 Å². The molecule has 2 nitrogen and oxygen atoms in total. The van der Waals surface area contributed by atoms with Gasteiger partial charge in [-0.05, 0) is 0 Å². The molecule has 1 rings (SSSR count). The average molecular weight is 141 g/mol. The maximum Gasteiger partial charge on any atom is 0.166 e. The van der Waals surface area contributed by atoms with Gasteiger partial charge in [-0.2, -0.15) is 5.10 Å². The van der Waals surface area contributed by atoms with Crippen molar-refractivity contribution in [1.82, 2.24) is 9.78 Å². The first kappa shape index (κ1) is 6.18. The number of hydrogen-bond acceptors (Lipinski definition) is 1. The highest BCUT2D eigenvalue weighted by atomic mass is 35.5. The summed E-state index contributed by atoms with van der Waals surface area (Å²) < 4.78 is 1.58. The van der Waals surface area contributed by atoms with Crippen LogP contribution in [0.15, 0.2) is 6.20 Å². The molecule has 0 spiro atoms. The molecule has 0 saturated carbocycles. The van der Waals surface area contributed by atoms with E-state index >= 15 is 0 Å². The number of aromatic nitrogens is 2. The van der Waals surface area contributed by atoms with E-state index in [1.54, 1.807) is 17.9 Å². The van der Waals surface area contributed by atoms with Crippen LogP contribution in [-0.4, -0.2) is 9.78 Å². The van der Waals surface area contributed by atoms with Gasteiger partial charge in [0.15, 0.2) is 5.15 Å². The Bertz CT molecular complexity index is 257. The Hall–Kier alpha value is -0.940. The molecule has 0 unspecified atom stereocenters. The number of aryl methyl sites for hydroxylation is 1. The third kappa shape index (κ3) is 1.06. The highest BCUT2D eigenvalue weighted by Gasteiger charge is 1.98. The maximum absolute atomic E-state index is 5.57. The summed E-state index contributed by atoms with van der Waals surface area (Å²) in [4.78, 5) is 0. The van der Waals surface area contributed by atoms with Crippen LogP contribution in [0.1, 0.15) is 5.56 Å². The molecule has 0 aliphatic carbocycles. The summed E-state index contributed by atoms with van der Waals surface area (Å²) in [5.74, 6) is 2.40. The molecular formula is C6H5ClN2. The lowest BCUT2D eigenvalue weighted by atomic mass is 10.4. The van der Waals surface area contributed by atoms with Gasteiger partial charge in [-0.3, -0.25) is 4.68 Å². The van der Waals surface area contributed by atoms with Gasteiger partial charge < -0.3 is 0 Å². The molecule has 0 N–H and O–H groups in total. The molecule has 0 bridgehead atoms. The van der Waals surface area contributed by atoms with Crippen molar-refractivity contribution in [2.75, 3.05) is 0 Å². The van der Waals surface area contributed by atoms with Gasteiger partial charge >= 0.3 is 0 Å². The number of terminal acetylenes is 1. The molecule has 3 heteroatoms. The molecule has 0 aromatic carbocycles. The summed E-state index contributed by atoms with van der Waals surface area (Å²) in [5, 5.41) is 4.21. The van der Waals surface area contributed by atoms with Crippen LogP contribution in [0.4, 0.5) is 0 Å². The van der Waals surface area contributed by atoms with Crippen LogP contribution in [0.25, 0.3) is 0 Å². The van der Waals surface area contributed by atoms with Crippen molar-refractivity contribution in [3.05, 3.63) is 16.9 Å². The zero-order chi connectivity index (χ0) is 6.85. The molecule has 0 aliphatic heterocycles. The summed E-state index contributed by atoms with van der Waals surface area (Å²) in [6.07, 6.45) is 6.77. The van der Waals surface area contributed by atoms with Crippen molar-refractivity contribution in [2.24, 2.45) is 7.05 Å². The Morgan fingerprint density at radius 2 is 2.56 bits per heavy atom. The lowest BCUT2D eigenvalue weighted by molar-refractivity contribution is 0.768. The second-order valence-electron chi connectivity index (χ2n) is 1.65. The van der Waals surface area contributed by atoms with Gasteiger partial charge in [0.25, 0.3) is 0 Å². The molecule has 1 heterocycles. The Morgan fingerprint density at radius 3 is 2.78 bits per heavy atom. The Kier molecular flexibility index (Phi) is 1.46. The Morgan fingerprint density at radius 1 is 1.89 bits per heavy atom. The normalized spacial score (nSPS) is 9.00. The first-order chi connectivity index (χ1) is 4.24. The van der Waals surface area contributed by atoms with E-state index in [4.69, 9.17) is 18.0 Å². The average Bonchev–Trinajstić information content (AvgIpc) is 2.10. The van der Waals surface area contributed by atoms with Crippen LogP contribution < -0.4 is 0 Å². The van der Waals surface area contributed by atoms with Crippen molar-refractivity contribution in [3.63, 3.8) is 0 Å². The summed E-state index contributed by atoms with van der Waals surface area (Å²) >= 11 is 5.57. The molecule has 0 atom stereocenters. The largest absolute Gasteiger partial charge is 0.273 e. The summed E-state index contributed by atoms with van der Waals surface area (Å²) in [6, 6.07) is 0. The second kappa shape index (κ2) is 2.12. The van der Waals surface area contributed by atoms with Crippen LogP contribution in [0.3, 0.4) is 0 Å². The van der Waals surface area contributed by atoms with Gasteiger partial charge in [-0.25, -0.2) is 0 Å². The van der Waals surface area contributed by atoms with E-state index in [0.29, 0.717) is 10.7 Å². The van der Waals surface area contributed by atoms with Gasteiger partial charge in [0.05, 0.1) is 5.56 Å². The second-order valence-corrected chi connectivity index (χ2v) is 2.01. The van der Waals surface area contributed by atoms with E-state index in [1.807, 2.05) is 0 Å². The van der Waals surface area contributed by atoms with Gasteiger partial charge in [0, 0.05) is 13.2 Å². The highest BCUT2D eigenvalue weighted by Crippen LogP contribution is 2.09. The first-order valence-electron chi connectivity index (χ1n) is 2.40. The van der Waals surface area contributed by atoms with Crippen LogP contribution in [0.2, 0.25) is 5.15 Å². The number of nitrogens with zero attached hydrogens (tertiary/aromatic N) is 2. The predicted octanol–water partition coefficient (Wildman–Crippen LogP) is 1.05. The lowest BCUT2D eigenvalue weighted by Gasteiger charge is -1.78. The molecule has 0 radical (unpaired) electrons. The van der Waals surface area contributed by atoms with Crippen LogP contribution >= 0.6 is 11.6 Å². The molecule has 0 saturated heterocycles. The van der Waals surface area contributed by atoms with Gasteiger partial charge in [0.1, 0.15) is 0 Å². The number of rotatable bonds is 0. The zero-order valence-corrected chi connectivity index (χ0v) is 5.68. The number of halogens is 1.